The van der Waals surface area contributed by atoms with Crippen LogP contribution in [0.5, 0.6) is 0 Å². The summed E-state index contributed by atoms with van der Waals surface area (Å²) >= 11 is 11.1. The third kappa shape index (κ3) is 2.77. The molecule has 0 aromatic carbocycles. The van der Waals surface area contributed by atoms with Crippen LogP contribution in [0.1, 0.15) is 5.56 Å². The van der Waals surface area contributed by atoms with E-state index in [1.807, 2.05) is 0 Å². The Hall–Kier alpha value is -0.960. The molecule has 0 fully saturated rings. The molecule has 6 heteroatoms. The van der Waals surface area contributed by atoms with E-state index in [2.05, 4.69) is 9.98 Å². The SMILES string of the molecule is O=C=NCCc1cc(F)c(Cl)nc1Cl. The first-order chi connectivity index (χ1) is 6.65. The number of aromatic nitrogens is 1. The summed E-state index contributed by atoms with van der Waals surface area (Å²) in [4.78, 5) is 16.6. The van der Waals surface area contributed by atoms with Gasteiger partial charge in [-0.15, -0.1) is 0 Å². The summed E-state index contributed by atoms with van der Waals surface area (Å²) in [7, 11) is 0. The van der Waals surface area contributed by atoms with Crippen molar-refractivity contribution in [3.63, 3.8) is 0 Å². The lowest BCUT2D eigenvalue weighted by atomic mass is 10.2. The topological polar surface area (TPSA) is 42.3 Å². The summed E-state index contributed by atoms with van der Waals surface area (Å²) in [5, 5.41) is -0.143. The van der Waals surface area contributed by atoms with Crippen molar-refractivity contribution in [2.45, 2.75) is 6.42 Å². The van der Waals surface area contributed by atoms with Gasteiger partial charge in [0.05, 0.1) is 6.54 Å². The number of aliphatic imine (C=N–C) groups is 1. The number of pyridine rings is 1. The molecule has 0 amide bonds. The summed E-state index contributed by atoms with van der Waals surface area (Å²) in [5.74, 6) is -0.638. The quantitative estimate of drug-likeness (QED) is 0.458. The standard InChI is InChI=1S/C8H5Cl2FN2O/c9-7-5(1-2-12-4-14)3-6(11)8(10)13-7/h3H,1-2H2. The smallest absolute Gasteiger partial charge is 0.221 e. The molecule has 0 atom stereocenters. The molecule has 3 nitrogen and oxygen atoms in total. The highest BCUT2D eigenvalue weighted by Gasteiger charge is 2.07. The molecular formula is C8H5Cl2FN2O. The first kappa shape index (κ1) is 11.1. The van der Waals surface area contributed by atoms with Crippen molar-refractivity contribution in [2.24, 2.45) is 4.99 Å². The van der Waals surface area contributed by atoms with Crippen LogP contribution in [0.2, 0.25) is 10.3 Å². The molecule has 14 heavy (non-hydrogen) atoms. The maximum atomic E-state index is 12.9. The number of carbonyl (C=O) groups excluding carboxylic acids is 1. The Morgan fingerprint density at radius 2 is 2.21 bits per heavy atom. The van der Waals surface area contributed by atoms with Crippen LogP contribution in [0.25, 0.3) is 0 Å². The molecule has 0 aliphatic carbocycles. The van der Waals surface area contributed by atoms with Crippen molar-refractivity contribution in [2.75, 3.05) is 6.54 Å². The summed E-state index contributed by atoms with van der Waals surface area (Å²) in [6, 6.07) is 1.18. The second-order valence-electron chi connectivity index (χ2n) is 2.43. The second kappa shape index (κ2) is 5.05. The van der Waals surface area contributed by atoms with Gasteiger partial charge in [0.1, 0.15) is 5.15 Å². The van der Waals surface area contributed by atoms with Gasteiger partial charge in [-0.1, -0.05) is 23.2 Å². The van der Waals surface area contributed by atoms with Crippen LogP contribution < -0.4 is 0 Å². The lowest BCUT2D eigenvalue weighted by Crippen LogP contribution is -1.95. The van der Waals surface area contributed by atoms with Crippen molar-refractivity contribution in [1.29, 1.82) is 0 Å². The number of nitrogens with zero attached hydrogens (tertiary/aromatic N) is 2. The Kier molecular flexibility index (Phi) is 4.01. The van der Waals surface area contributed by atoms with Gasteiger partial charge in [-0.3, -0.25) is 0 Å². The number of hydrogen-bond donors (Lipinski definition) is 0. The minimum Gasteiger partial charge on any atom is -0.221 e. The van der Waals surface area contributed by atoms with Gasteiger partial charge >= 0.3 is 0 Å². The second-order valence-corrected chi connectivity index (χ2v) is 3.15. The Bertz CT molecular complexity index is 391. The van der Waals surface area contributed by atoms with Gasteiger partial charge in [-0.25, -0.2) is 19.2 Å². The van der Waals surface area contributed by atoms with E-state index in [-0.39, 0.29) is 16.9 Å². The van der Waals surface area contributed by atoms with Crippen molar-refractivity contribution >= 4 is 29.3 Å². The predicted molar refractivity (Wildman–Crippen MR) is 50.9 cm³/mol. The molecule has 74 valence electrons. The van der Waals surface area contributed by atoms with E-state index in [1.165, 1.54) is 12.1 Å². The van der Waals surface area contributed by atoms with E-state index in [1.54, 1.807) is 0 Å². The summed E-state index contributed by atoms with van der Waals surface area (Å²) in [6.07, 6.45) is 1.70. The van der Waals surface area contributed by atoms with Gasteiger partial charge in [0.15, 0.2) is 11.0 Å². The molecule has 0 bridgehead atoms. The van der Waals surface area contributed by atoms with E-state index in [0.29, 0.717) is 12.0 Å². The van der Waals surface area contributed by atoms with E-state index >= 15 is 0 Å². The average Bonchev–Trinajstić information content (AvgIpc) is 2.14. The maximum Gasteiger partial charge on any atom is 0.234 e. The number of hydrogen-bond acceptors (Lipinski definition) is 3. The molecular weight excluding hydrogens is 230 g/mol. The van der Waals surface area contributed by atoms with Crippen LogP contribution in [-0.2, 0) is 11.2 Å². The van der Waals surface area contributed by atoms with E-state index in [4.69, 9.17) is 23.2 Å². The van der Waals surface area contributed by atoms with Crippen LogP contribution in [0, 0.1) is 5.82 Å². The zero-order chi connectivity index (χ0) is 10.6. The summed E-state index contributed by atoms with van der Waals surface area (Å²) in [6.45, 7) is 0.200. The molecule has 0 radical (unpaired) electrons. The van der Waals surface area contributed by atoms with Crippen molar-refractivity contribution in [1.82, 2.24) is 4.98 Å². The highest BCUT2D eigenvalue weighted by molar-refractivity contribution is 6.32. The van der Waals surface area contributed by atoms with Crippen LogP contribution in [0.4, 0.5) is 4.39 Å². The summed E-state index contributed by atoms with van der Waals surface area (Å²) in [5.41, 5.74) is 0.465. The van der Waals surface area contributed by atoms with E-state index in [9.17, 15) is 9.18 Å². The van der Waals surface area contributed by atoms with Crippen molar-refractivity contribution < 1.29 is 9.18 Å². The van der Waals surface area contributed by atoms with Gasteiger partial charge in [0.2, 0.25) is 6.08 Å². The molecule has 1 rings (SSSR count). The molecule has 1 heterocycles. The zero-order valence-electron chi connectivity index (χ0n) is 6.93. The minimum absolute atomic E-state index is 0.123. The molecule has 0 aliphatic heterocycles. The Morgan fingerprint density at radius 3 is 2.86 bits per heavy atom. The molecule has 0 saturated heterocycles. The predicted octanol–water partition coefficient (Wildman–Crippen LogP) is 2.41. The van der Waals surface area contributed by atoms with Crippen LogP contribution in [-0.4, -0.2) is 17.6 Å². The molecule has 0 aliphatic rings. The highest BCUT2D eigenvalue weighted by atomic mass is 35.5. The van der Waals surface area contributed by atoms with Crippen LogP contribution in [0.3, 0.4) is 0 Å². The molecule has 1 aromatic heterocycles. The third-order valence-electron chi connectivity index (χ3n) is 1.52. The fraction of sp³-hybridized carbons (Fsp3) is 0.250. The van der Waals surface area contributed by atoms with Crippen molar-refractivity contribution in [3.05, 3.63) is 27.8 Å². The van der Waals surface area contributed by atoms with Gasteiger partial charge in [-0.2, -0.15) is 0 Å². The number of halogens is 3. The fourth-order valence-corrected chi connectivity index (χ4v) is 1.30. The van der Waals surface area contributed by atoms with Crippen molar-refractivity contribution in [3.8, 4) is 0 Å². The lowest BCUT2D eigenvalue weighted by Gasteiger charge is -2.01. The van der Waals surface area contributed by atoms with E-state index in [0.717, 1.165) is 0 Å². The zero-order valence-corrected chi connectivity index (χ0v) is 8.44. The number of rotatable bonds is 3. The fourth-order valence-electron chi connectivity index (χ4n) is 0.881. The Morgan fingerprint density at radius 1 is 1.50 bits per heavy atom. The molecule has 1 aromatic rings. The highest BCUT2D eigenvalue weighted by Crippen LogP contribution is 2.20. The molecule has 0 spiro atoms. The maximum absolute atomic E-state index is 12.9. The van der Waals surface area contributed by atoms with Gasteiger partial charge in [0.25, 0.3) is 0 Å². The Labute approximate surface area is 89.6 Å². The van der Waals surface area contributed by atoms with Gasteiger partial charge in [0, 0.05) is 0 Å². The first-order valence-corrected chi connectivity index (χ1v) is 4.44. The van der Waals surface area contributed by atoms with E-state index < -0.39 is 5.82 Å². The average molecular weight is 235 g/mol. The monoisotopic (exact) mass is 234 g/mol. The normalized spacial score (nSPS) is 9.64. The van der Waals surface area contributed by atoms with Gasteiger partial charge < -0.3 is 0 Å². The Balaban J connectivity index is 2.86. The van der Waals surface area contributed by atoms with Gasteiger partial charge in [-0.05, 0) is 18.1 Å². The lowest BCUT2D eigenvalue weighted by molar-refractivity contribution is 0.563. The number of isocyanates is 1. The largest absolute Gasteiger partial charge is 0.234 e. The summed E-state index contributed by atoms with van der Waals surface area (Å²) < 4.78 is 12.9. The molecule has 0 unspecified atom stereocenters. The first-order valence-electron chi connectivity index (χ1n) is 3.69. The minimum atomic E-state index is -0.638. The molecule has 0 N–H and O–H groups in total. The van der Waals surface area contributed by atoms with Crippen LogP contribution in [0.15, 0.2) is 11.1 Å². The molecule has 0 saturated carbocycles. The van der Waals surface area contributed by atoms with Crippen LogP contribution >= 0.6 is 23.2 Å². The third-order valence-corrected chi connectivity index (χ3v) is 2.11.